The molecule has 0 aliphatic heterocycles. The molecule has 5 heteroatoms. The molecule has 0 bridgehead atoms. The number of halogens is 2. The van der Waals surface area contributed by atoms with E-state index in [9.17, 15) is 0 Å². The molecule has 18 heavy (non-hydrogen) atoms. The molecule has 1 heterocycles. The van der Waals surface area contributed by atoms with E-state index in [2.05, 4.69) is 10.3 Å². The number of hydrogen-bond acceptors (Lipinski definition) is 3. The van der Waals surface area contributed by atoms with Crippen LogP contribution in [-0.4, -0.2) is 11.0 Å². The topological polar surface area (TPSA) is 24.9 Å². The Morgan fingerprint density at radius 1 is 1.33 bits per heavy atom. The molecule has 1 aromatic carbocycles. The van der Waals surface area contributed by atoms with Crippen molar-refractivity contribution in [2.24, 2.45) is 0 Å². The van der Waals surface area contributed by atoms with Gasteiger partial charge >= 0.3 is 0 Å². The molecule has 2 aromatic rings. The van der Waals surface area contributed by atoms with Crippen LogP contribution in [0.1, 0.15) is 17.7 Å². The van der Waals surface area contributed by atoms with Crippen molar-refractivity contribution in [2.75, 3.05) is 0 Å². The van der Waals surface area contributed by atoms with Gasteiger partial charge in [0.2, 0.25) is 0 Å². The third-order valence-electron chi connectivity index (χ3n) is 2.86. The fraction of sp³-hybridized carbons (Fsp3) is 0.308. The fourth-order valence-electron chi connectivity index (χ4n) is 1.71. The molecule has 0 amide bonds. The molecule has 0 spiro atoms. The molecule has 1 N–H and O–H groups in total. The van der Waals surface area contributed by atoms with Crippen LogP contribution in [0.4, 0.5) is 0 Å². The number of aromatic nitrogens is 1. The maximum absolute atomic E-state index is 6.18. The van der Waals surface area contributed by atoms with Crippen LogP contribution >= 0.6 is 34.5 Å². The molecule has 1 fully saturated rings. The van der Waals surface area contributed by atoms with Crippen LogP contribution < -0.4 is 5.32 Å². The normalized spacial score (nSPS) is 15.0. The average Bonchev–Trinajstić information content (AvgIpc) is 3.05. The van der Waals surface area contributed by atoms with Crippen molar-refractivity contribution >= 4 is 34.5 Å². The fourth-order valence-corrected chi connectivity index (χ4v) is 3.17. The van der Waals surface area contributed by atoms with E-state index >= 15 is 0 Å². The summed E-state index contributed by atoms with van der Waals surface area (Å²) in [6, 6.07) is 6.23. The number of rotatable bonds is 4. The summed E-state index contributed by atoms with van der Waals surface area (Å²) in [5.41, 5.74) is 0.948. The first-order chi connectivity index (χ1) is 8.72. The second-order valence-electron chi connectivity index (χ2n) is 4.41. The van der Waals surface area contributed by atoms with Gasteiger partial charge in [-0.2, -0.15) is 0 Å². The van der Waals surface area contributed by atoms with Crippen LogP contribution in [-0.2, 0) is 6.54 Å². The van der Waals surface area contributed by atoms with E-state index in [0.717, 1.165) is 23.2 Å². The van der Waals surface area contributed by atoms with Gasteiger partial charge in [0.25, 0.3) is 0 Å². The van der Waals surface area contributed by atoms with Crippen molar-refractivity contribution in [1.29, 1.82) is 0 Å². The quantitative estimate of drug-likeness (QED) is 0.907. The number of nitrogens with zero attached hydrogens (tertiary/aromatic N) is 1. The van der Waals surface area contributed by atoms with Crippen LogP contribution in [0.5, 0.6) is 0 Å². The number of hydrogen-bond donors (Lipinski definition) is 1. The summed E-state index contributed by atoms with van der Waals surface area (Å²) in [6.07, 6.45) is 4.52. The minimum Gasteiger partial charge on any atom is -0.309 e. The van der Waals surface area contributed by atoms with Gasteiger partial charge in [0.15, 0.2) is 0 Å². The standard InChI is InChI=1S/C13H12Cl2N2S/c14-8-1-4-11(12(15)5-8)13-17-7-10(18-13)6-16-9-2-3-9/h1,4-5,7,9,16H,2-3,6H2. The molecule has 0 atom stereocenters. The summed E-state index contributed by atoms with van der Waals surface area (Å²) in [4.78, 5) is 5.67. The lowest BCUT2D eigenvalue weighted by molar-refractivity contribution is 0.694. The third-order valence-corrected chi connectivity index (χ3v) is 4.44. The summed E-state index contributed by atoms with van der Waals surface area (Å²) in [7, 11) is 0. The molecule has 0 saturated heterocycles. The van der Waals surface area contributed by atoms with Gasteiger partial charge in [-0.1, -0.05) is 23.2 Å². The molecule has 1 aliphatic rings. The Morgan fingerprint density at radius 3 is 2.89 bits per heavy atom. The Morgan fingerprint density at radius 2 is 2.17 bits per heavy atom. The van der Waals surface area contributed by atoms with Crippen molar-refractivity contribution in [3.63, 3.8) is 0 Å². The van der Waals surface area contributed by atoms with Gasteiger partial charge in [0.1, 0.15) is 5.01 Å². The third kappa shape index (κ3) is 2.86. The van der Waals surface area contributed by atoms with E-state index in [1.165, 1.54) is 17.7 Å². The van der Waals surface area contributed by atoms with Crippen molar-refractivity contribution in [2.45, 2.75) is 25.4 Å². The average molecular weight is 299 g/mol. The summed E-state index contributed by atoms with van der Waals surface area (Å²) in [5, 5.41) is 5.73. The van der Waals surface area contributed by atoms with Crippen LogP contribution in [0.15, 0.2) is 24.4 Å². The van der Waals surface area contributed by atoms with Crippen molar-refractivity contribution < 1.29 is 0 Å². The summed E-state index contributed by atoms with van der Waals surface area (Å²) in [5.74, 6) is 0. The zero-order chi connectivity index (χ0) is 12.5. The Hall–Kier alpha value is -0.610. The SMILES string of the molecule is Clc1ccc(-c2ncc(CNC3CC3)s2)c(Cl)c1. The Bertz CT molecular complexity index is 564. The van der Waals surface area contributed by atoms with E-state index in [1.54, 1.807) is 17.4 Å². The lowest BCUT2D eigenvalue weighted by Crippen LogP contribution is -2.14. The van der Waals surface area contributed by atoms with E-state index in [0.29, 0.717) is 10.0 Å². The molecule has 2 nitrogen and oxygen atoms in total. The smallest absolute Gasteiger partial charge is 0.125 e. The van der Waals surface area contributed by atoms with Crippen molar-refractivity contribution in [3.05, 3.63) is 39.3 Å². The summed E-state index contributed by atoms with van der Waals surface area (Å²) >= 11 is 13.7. The first-order valence-electron chi connectivity index (χ1n) is 5.86. The summed E-state index contributed by atoms with van der Waals surface area (Å²) < 4.78 is 0. The van der Waals surface area contributed by atoms with Crippen LogP contribution in [0.2, 0.25) is 10.0 Å². The lowest BCUT2D eigenvalue weighted by atomic mass is 10.2. The van der Waals surface area contributed by atoms with Crippen LogP contribution in [0.25, 0.3) is 10.6 Å². The van der Waals surface area contributed by atoms with Crippen LogP contribution in [0, 0.1) is 0 Å². The summed E-state index contributed by atoms with van der Waals surface area (Å²) in [6.45, 7) is 0.896. The van der Waals surface area contributed by atoms with Crippen LogP contribution in [0.3, 0.4) is 0 Å². The Balaban J connectivity index is 1.78. The zero-order valence-corrected chi connectivity index (χ0v) is 11.9. The zero-order valence-electron chi connectivity index (χ0n) is 9.62. The second kappa shape index (κ2) is 5.17. The molecule has 1 saturated carbocycles. The van der Waals surface area contributed by atoms with E-state index in [-0.39, 0.29) is 0 Å². The van der Waals surface area contributed by atoms with Gasteiger partial charge in [-0.15, -0.1) is 11.3 Å². The largest absolute Gasteiger partial charge is 0.309 e. The molecule has 0 unspecified atom stereocenters. The minimum absolute atomic E-state index is 0.649. The van der Waals surface area contributed by atoms with E-state index in [4.69, 9.17) is 23.2 Å². The lowest BCUT2D eigenvalue weighted by Gasteiger charge is -2.00. The molecule has 1 aromatic heterocycles. The maximum Gasteiger partial charge on any atom is 0.125 e. The first-order valence-corrected chi connectivity index (χ1v) is 7.43. The van der Waals surface area contributed by atoms with Gasteiger partial charge in [0, 0.05) is 34.2 Å². The molecule has 3 rings (SSSR count). The monoisotopic (exact) mass is 298 g/mol. The number of thiazole rings is 1. The van der Waals surface area contributed by atoms with Crippen molar-refractivity contribution in [1.82, 2.24) is 10.3 Å². The maximum atomic E-state index is 6.18. The second-order valence-corrected chi connectivity index (χ2v) is 6.37. The highest BCUT2D eigenvalue weighted by Crippen LogP contribution is 2.33. The molecular formula is C13H12Cl2N2S. The Kier molecular flexibility index (Phi) is 3.57. The molecule has 0 radical (unpaired) electrons. The molecular weight excluding hydrogens is 287 g/mol. The van der Waals surface area contributed by atoms with Gasteiger partial charge in [-0.25, -0.2) is 4.98 Å². The first kappa shape index (κ1) is 12.4. The highest BCUT2D eigenvalue weighted by molar-refractivity contribution is 7.15. The van der Waals surface area contributed by atoms with Gasteiger partial charge in [0.05, 0.1) is 5.02 Å². The van der Waals surface area contributed by atoms with Gasteiger partial charge < -0.3 is 5.32 Å². The van der Waals surface area contributed by atoms with Gasteiger partial charge in [-0.3, -0.25) is 0 Å². The number of nitrogens with one attached hydrogen (secondary N) is 1. The molecule has 1 aliphatic carbocycles. The Labute approximate surface area is 120 Å². The van der Waals surface area contributed by atoms with Gasteiger partial charge in [-0.05, 0) is 31.0 Å². The molecule has 94 valence electrons. The van der Waals surface area contributed by atoms with Crippen molar-refractivity contribution in [3.8, 4) is 10.6 Å². The van der Waals surface area contributed by atoms with E-state index in [1.807, 2.05) is 18.3 Å². The van der Waals surface area contributed by atoms with E-state index < -0.39 is 0 Å². The predicted molar refractivity (Wildman–Crippen MR) is 77.4 cm³/mol. The predicted octanol–water partition coefficient (Wildman–Crippen LogP) is 4.37. The highest BCUT2D eigenvalue weighted by Gasteiger charge is 2.20. The number of benzene rings is 1. The highest BCUT2D eigenvalue weighted by atomic mass is 35.5. The minimum atomic E-state index is 0.649.